The number of ether oxygens (including phenoxy) is 1. The Hall–Kier alpha value is -2.37. The Balaban J connectivity index is 1.56. The molecule has 2 fully saturated rings. The van der Waals surface area contributed by atoms with Crippen molar-refractivity contribution in [3.8, 4) is 5.75 Å². The summed E-state index contributed by atoms with van der Waals surface area (Å²) in [7, 11) is 1.67. The summed E-state index contributed by atoms with van der Waals surface area (Å²) in [5, 5.41) is 1.04. The smallest absolute Gasteiger partial charge is 0.227 e. The molecule has 2 aliphatic rings. The molecule has 0 aliphatic carbocycles. The van der Waals surface area contributed by atoms with E-state index in [2.05, 4.69) is 16.7 Å². The zero-order valence-corrected chi connectivity index (χ0v) is 17.1. The average Bonchev–Trinajstić information content (AvgIpc) is 2.73. The van der Waals surface area contributed by atoms with Crippen molar-refractivity contribution < 1.29 is 9.53 Å². The van der Waals surface area contributed by atoms with Crippen molar-refractivity contribution in [3.05, 3.63) is 23.9 Å². The second kappa shape index (κ2) is 7.94. The number of nitrogens with zero attached hydrogens (tertiary/aromatic N) is 4. The summed E-state index contributed by atoms with van der Waals surface area (Å²) in [5.41, 5.74) is 1.85. The lowest BCUT2D eigenvalue weighted by atomic mass is 9.94. The molecule has 0 saturated carbocycles. The number of amides is 1. The lowest BCUT2D eigenvalue weighted by Gasteiger charge is -2.39. The molecular weight excluding hydrogens is 352 g/mol. The van der Waals surface area contributed by atoms with Crippen LogP contribution in [0.5, 0.6) is 5.75 Å². The normalized spacial score (nSPS) is 23.1. The van der Waals surface area contributed by atoms with Crippen molar-refractivity contribution in [2.24, 2.45) is 5.92 Å². The number of aryl methyl sites for hydroxylation is 1. The van der Waals surface area contributed by atoms with Gasteiger partial charge in [-0.3, -0.25) is 4.79 Å². The van der Waals surface area contributed by atoms with Crippen molar-refractivity contribution in [2.45, 2.75) is 52.0 Å². The molecular formula is C22H30N4O2. The van der Waals surface area contributed by atoms with Crippen LogP contribution in [0.15, 0.2) is 18.2 Å². The number of fused-ring (bicyclic) bond motifs is 1. The SMILES string of the molecule is COc1ccc2c(C)nc(N3CCC[C@H](C(=O)N4CCCC[C@@H]4C)C3)nc2c1. The number of methoxy groups -OCH3 is 1. The van der Waals surface area contributed by atoms with Gasteiger partial charge in [-0.05, 0) is 58.1 Å². The molecule has 150 valence electrons. The fourth-order valence-electron chi connectivity index (χ4n) is 4.54. The molecule has 3 heterocycles. The van der Waals surface area contributed by atoms with Gasteiger partial charge in [-0.1, -0.05) is 0 Å². The van der Waals surface area contributed by atoms with Crippen LogP contribution >= 0.6 is 0 Å². The predicted octanol–water partition coefficient (Wildman–Crippen LogP) is 3.56. The van der Waals surface area contributed by atoms with Crippen molar-refractivity contribution in [2.75, 3.05) is 31.6 Å². The van der Waals surface area contributed by atoms with Gasteiger partial charge in [-0.25, -0.2) is 9.97 Å². The number of aromatic nitrogens is 2. The van der Waals surface area contributed by atoms with E-state index in [-0.39, 0.29) is 5.92 Å². The van der Waals surface area contributed by atoms with Gasteiger partial charge in [0.05, 0.1) is 24.2 Å². The van der Waals surface area contributed by atoms with Crippen molar-refractivity contribution in [3.63, 3.8) is 0 Å². The highest BCUT2D eigenvalue weighted by Crippen LogP contribution is 2.28. The number of benzene rings is 1. The third-order valence-corrected chi connectivity index (χ3v) is 6.22. The molecule has 0 spiro atoms. The minimum Gasteiger partial charge on any atom is -0.497 e. The maximum atomic E-state index is 13.1. The standard InChI is InChI=1S/C22H30N4O2/c1-15-7-4-5-12-26(15)21(27)17-8-6-11-25(14-17)22-23-16(2)19-10-9-18(28-3)13-20(19)24-22/h9-10,13,15,17H,4-8,11-12,14H2,1-3H3/t15-,17-/m0/s1. The topological polar surface area (TPSA) is 58.6 Å². The molecule has 0 unspecified atom stereocenters. The van der Waals surface area contributed by atoms with Crippen LogP contribution in [0.1, 0.15) is 44.7 Å². The third-order valence-electron chi connectivity index (χ3n) is 6.22. The molecule has 2 saturated heterocycles. The molecule has 28 heavy (non-hydrogen) atoms. The van der Waals surface area contributed by atoms with Crippen LogP contribution in [0.25, 0.3) is 10.9 Å². The molecule has 0 N–H and O–H groups in total. The van der Waals surface area contributed by atoms with Gasteiger partial charge in [-0.15, -0.1) is 0 Å². The Kier molecular flexibility index (Phi) is 5.38. The van der Waals surface area contributed by atoms with Crippen LogP contribution in [0.3, 0.4) is 0 Å². The lowest BCUT2D eigenvalue weighted by Crippen LogP contribution is -2.49. The maximum absolute atomic E-state index is 13.1. The third kappa shape index (κ3) is 3.64. The first-order valence-corrected chi connectivity index (χ1v) is 10.4. The molecule has 2 aromatic rings. The van der Waals surface area contributed by atoms with E-state index >= 15 is 0 Å². The summed E-state index contributed by atoms with van der Waals surface area (Å²) in [5.74, 6) is 1.88. The van der Waals surface area contributed by atoms with Gasteiger partial charge in [0.15, 0.2) is 0 Å². The summed E-state index contributed by atoms with van der Waals surface area (Å²) in [6.45, 7) is 6.70. The van der Waals surface area contributed by atoms with Crippen LogP contribution in [-0.2, 0) is 4.79 Å². The Morgan fingerprint density at radius 1 is 1.14 bits per heavy atom. The summed E-state index contributed by atoms with van der Waals surface area (Å²) >= 11 is 0. The molecule has 1 aromatic heterocycles. The molecule has 2 atom stereocenters. The van der Waals surface area contributed by atoms with Crippen LogP contribution < -0.4 is 9.64 Å². The largest absolute Gasteiger partial charge is 0.497 e. The van der Waals surface area contributed by atoms with Crippen molar-refractivity contribution in [1.82, 2.24) is 14.9 Å². The zero-order chi connectivity index (χ0) is 19.7. The quantitative estimate of drug-likeness (QED) is 0.812. The fraction of sp³-hybridized carbons (Fsp3) is 0.591. The summed E-state index contributed by atoms with van der Waals surface area (Å²) in [4.78, 5) is 27.0. The summed E-state index contributed by atoms with van der Waals surface area (Å²) < 4.78 is 5.35. The van der Waals surface area contributed by atoms with Gasteiger partial charge in [-0.2, -0.15) is 0 Å². The van der Waals surface area contributed by atoms with Crippen LogP contribution in [0, 0.1) is 12.8 Å². The van der Waals surface area contributed by atoms with E-state index < -0.39 is 0 Å². The molecule has 0 bridgehead atoms. The van der Waals surface area contributed by atoms with Crippen molar-refractivity contribution >= 4 is 22.8 Å². The highest BCUT2D eigenvalue weighted by Gasteiger charge is 2.33. The number of rotatable bonds is 3. The number of hydrogen-bond donors (Lipinski definition) is 0. The minimum absolute atomic E-state index is 0.0409. The minimum atomic E-state index is 0.0409. The highest BCUT2D eigenvalue weighted by molar-refractivity contribution is 5.83. The van der Waals surface area contributed by atoms with E-state index in [0.29, 0.717) is 18.5 Å². The molecule has 6 nitrogen and oxygen atoms in total. The van der Waals surface area contributed by atoms with Crippen LogP contribution in [0.2, 0.25) is 0 Å². The molecule has 1 amide bonds. The molecule has 4 rings (SSSR count). The maximum Gasteiger partial charge on any atom is 0.227 e. The number of hydrogen-bond acceptors (Lipinski definition) is 5. The van der Waals surface area contributed by atoms with E-state index in [1.54, 1.807) is 7.11 Å². The van der Waals surface area contributed by atoms with Gasteiger partial charge in [0.1, 0.15) is 5.75 Å². The van der Waals surface area contributed by atoms with Gasteiger partial charge < -0.3 is 14.5 Å². The Morgan fingerprint density at radius 2 is 2.00 bits per heavy atom. The van der Waals surface area contributed by atoms with E-state index in [4.69, 9.17) is 14.7 Å². The first kappa shape index (κ1) is 19.0. The van der Waals surface area contributed by atoms with Gasteiger partial charge in [0.2, 0.25) is 11.9 Å². The molecule has 1 aromatic carbocycles. The zero-order valence-electron chi connectivity index (χ0n) is 17.1. The van der Waals surface area contributed by atoms with E-state index in [1.165, 1.54) is 6.42 Å². The average molecular weight is 383 g/mol. The first-order chi connectivity index (χ1) is 13.6. The first-order valence-electron chi connectivity index (χ1n) is 10.4. The van der Waals surface area contributed by atoms with Crippen molar-refractivity contribution in [1.29, 1.82) is 0 Å². The summed E-state index contributed by atoms with van der Waals surface area (Å²) in [6.07, 6.45) is 5.43. The van der Waals surface area contributed by atoms with Gasteiger partial charge in [0, 0.05) is 37.1 Å². The van der Waals surface area contributed by atoms with E-state index in [9.17, 15) is 4.79 Å². The number of carbonyl (C=O) groups excluding carboxylic acids is 1. The Labute approximate surface area is 166 Å². The highest BCUT2D eigenvalue weighted by atomic mass is 16.5. The Bertz CT molecular complexity index is 869. The van der Waals surface area contributed by atoms with Crippen LogP contribution in [0.4, 0.5) is 5.95 Å². The lowest BCUT2D eigenvalue weighted by molar-refractivity contribution is -0.139. The Morgan fingerprint density at radius 3 is 2.79 bits per heavy atom. The number of likely N-dealkylation sites (tertiary alicyclic amines) is 1. The number of anilines is 1. The number of piperidine rings is 2. The second-order valence-electron chi connectivity index (χ2n) is 8.15. The molecule has 6 heteroatoms. The van der Waals surface area contributed by atoms with Crippen LogP contribution in [-0.4, -0.2) is 53.6 Å². The van der Waals surface area contributed by atoms with E-state index in [1.807, 2.05) is 25.1 Å². The second-order valence-corrected chi connectivity index (χ2v) is 8.15. The molecule has 2 aliphatic heterocycles. The monoisotopic (exact) mass is 382 g/mol. The van der Waals surface area contributed by atoms with E-state index in [0.717, 1.165) is 67.1 Å². The fourth-order valence-corrected chi connectivity index (χ4v) is 4.54. The summed E-state index contributed by atoms with van der Waals surface area (Å²) in [6, 6.07) is 6.26. The predicted molar refractivity (Wildman–Crippen MR) is 111 cm³/mol. The van der Waals surface area contributed by atoms with Gasteiger partial charge >= 0.3 is 0 Å². The molecule has 0 radical (unpaired) electrons. The number of carbonyl (C=O) groups is 1. The van der Waals surface area contributed by atoms with Gasteiger partial charge in [0.25, 0.3) is 0 Å².